The lowest BCUT2D eigenvalue weighted by Crippen LogP contribution is -2.47. The largest absolute Gasteiger partial charge is 0.378 e. The van der Waals surface area contributed by atoms with E-state index in [0.29, 0.717) is 18.7 Å². The first-order valence-corrected chi connectivity index (χ1v) is 6.09. The van der Waals surface area contributed by atoms with Gasteiger partial charge in [-0.2, -0.15) is 0 Å². The van der Waals surface area contributed by atoms with Crippen LogP contribution in [-0.4, -0.2) is 44.3 Å². The van der Waals surface area contributed by atoms with Crippen molar-refractivity contribution in [2.75, 3.05) is 33.4 Å². The number of nitrogens with zero attached hydrogens (tertiary/aromatic N) is 1. The first-order chi connectivity index (χ1) is 8.65. The Morgan fingerprint density at radius 3 is 3.00 bits per heavy atom. The molecule has 100 valence electrons. The second-order valence-corrected chi connectivity index (χ2v) is 4.66. The Balaban J connectivity index is 1.89. The lowest BCUT2D eigenvalue weighted by Gasteiger charge is -2.28. The molecule has 0 bridgehead atoms. The maximum Gasteiger partial charge on any atom is 0.127 e. The Bertz CT molecular complexity index is 395. The van der Waals surface area contributed by atoms with E-state index < -0.39 is 5.82 Å². The Morgan fingerprint density at radius 2 is 2.28 bits per heavy atom. The molecule has 1 N–H and O–H groups in total. The number of hydrogen-bond acceptors (Lipinski definition) is 3. The first-order valence-electron chi connectivity index (χ1n) is 6.09. The standard InChI is InChI=1S/C13H18F2N2O/c1-17(8-12-9-18-5-4-16-12)7-10-6-11(14)2-3-13(10)15/h2-3,6,12,16H,4-5,7-9H2,1H3. The smallest absolute Gasteiger partial charge is 0.127 e. The van der Waals surface area contributed by atoms with Gasteiger partial charge in [-0.15, -0.1) is 0 Å². The fourth-order valence-corrected chi connectivity index (χ4v) is 2.13. The number of hydrogen-bond donors (Lipinski definition) is 1. The number of likely N-dealkylation sites (N-methyl/N-ethyl adjacent to an activating group) is 1. The molecule has 0 radical (unpaired) electrons. The van der Waals surface area contributed by atoms with Crippen LogP contribution in [0, 0.1) is 11.6 Å². The number of rotatable bonds is 4. The van der Waals surface area contributed by atoms with Crippen molar-refractivity contribution in [2.24, 2.45) is 0 Å². The molecule has 18 heavy (non-hydrogen) atoms. The zero-order chi connectivity index (χ0) is 13.0. The summed E-state index contributed by atoms with van der Waals surface area (Å²) in [5, 5.41) is 3.33. The molecular weight excluding hydrogens is 238 g/mol. The highest BCUT2D eigenvalue weighted by atomic mass is 19.1. The van der Waals surface area contributed by atoms with Gasteiger partial charge in [0.15, 0.2) is 0 Å². The first kappa shape index (κ1) is 13.4. The Kier molecular flexibility index (Phi) is 4.63. The number of halogens is 2. The van der Waals surface area contributed by atoms with Gasteiger partial charge in [-0.05, 0) is 25.2 Å². The van der Waals surface area contributed by atoms with E-state index in [-0.39, 0.29) is 11.9 Å². The third-order valence-electron chi connectivity index (χ3n) is 2.98. The van der Waals surface area contributed by atoms with Crippen LogP contribution < -0.4 is 5.32 Å². The Morgan fingerprint density at radius 1 is 1.44 bits per heavy atom. The van der Waals surface area contributed by atoms with Crippen LogP contribution in [0.1, 0.15) is 5.56 Å². The maximum absolute atomic E-state index is 13.5. The molecule has 1 saturated heterocycles. The van der Waals surface area contributed by atoms with Crippen LogP contribution >= 0.6 is 0 Å². The van der Waals surface area contributed by atoms with Gasteiger partial charge in [0.2, 0.25) is 0 Å². The van der Waals surface area contributed by atoms with Crippen molar-refractivity contribution in [1.29, 1.82) is 0 Å². The topological polar surface area (TPSA) is 24.5 Å². The monoisotopic (exact) mass is 256 g/mol. The van der Waals surface area contributed by atoms with Crippen LogP contribution in [0.15, 0.2) is 18.2 Å². The molecule has 1 unspecified atom stereocenters. The molecule has 2 rings (SSSR count). The molecule has 1 aromatic carbocycles. The van der Waals surface area contributed by atoms with Gasteiger partial charge in [-0.3, -0.25) is 0 Å². The number of morpholine rings is 1. The van der Waals surface area contributed by atoms with Crippen molar-refractivity contribution in [3.63, 3.8) is 0 Å². The molecule has 1 aromatic rings. The second-order valence-electron chi connectivity index (χ2n) is 4.66. The van der Waals surface area contributed by atoms with Crippen LogP contribution in [0.3, 0.4) is 0 Å². The Hall–Kier alpha value is -1.04. The summed E-state index contributed by atoms with van der Waals surface area (Å²) >= 11 is 0. The predicted octanol–water partition coefficient (Wildman–Crippen LogP) is 1.39. The van der Waals surface area contributed by atoms with Gasteiger partial charge >= 0.3 is 0 Å². The number of benzene rings is 1. The minimum atomic E-state index is -0.404. The second kappa shape index (κ2) is 6.22. The summed E-state index contributed by atoms with van der Waals surface area (Å²) in [5.41, 5.74) is 0.384. The molecule has 1 atom stereocenters. The highest BCUT2D eigenvalue weighted by Gasteiger charge is 2.16. The summed E-state index contributed by atoms with van der Waals surface area (Å²) in [7, 11) is 1.89. The summed E-state index contributed by atoms with van der Waals surface area (Å²) in [6.07, 6.45) is 0. The molecule has 0 aromatic heterocycles. The zero-order valence-corrected chi connectivity index (χ0v) is 10.5. The highest BCUT2D eigenvalue weighted by molar-refractivity contribution is 5.18. The summed E-state index contributed by atoms with van der Waals surface area (Å²) in [5.74, 6) is -0.768. The van der Waals surface area contributed by atoms with E-state index in [1.165, 1.54) is 12.1 Å². The van der Waals surface area contributed by atoms with Gasteiger partial charge in [-0.25, -0.2) is 8.78 Å². The molecule has 0 aliphatic carbocycles. The van der Waals surface area contributed by atoms with Crippen molar-refractivity contribution >= 4 is 0 Å². The van der Waals surface area contributed by atoms with Crippen LogP contribution in [0.25, 0.3) is 0 Å². The van der Waals surface area contributed by atoms with Crippen LogP contribution in [0.5, 0.6) is 0 Å². The average molecular weight is 256 g/mol. The van der Waals surface area contributed by atoms with Gasteiger partial charge in [0.1, 0.15) is 11.6 Å². The van der Waals surface area contributed by atoms with E-state index >= 15 is 0 Å². The van der Waals surface area contributed by atoms with E-state index in [9.17, 15) is 8.78 Å². The molecule has 0 spiro atoms. The van der Waals surface area contributed by atoms with Crippen molar-refractivity contribution in [3.8, 4) is 0 Å². The van der Waals surface area contributed by atoms with E-state index in [0.717, 1.165) is 25.8 Å². The maximum atomic E-state index is 13.5. The van der Waals surface area contributed by atoms with Gasteiger partial charge in [0.05, 0.1) is 13.2 Å². The van der Waals surface area contributed by atoms with Gasteiger partial charge in [0, 0.05) is 31.2 Å². The number of ether oxygens (including phenoxy) is 1. The minimum Gasteiger partial charge on any atom is -0.378 e. The van der Waals surface area contributed by atoms with Gasteiger partial charge < -0.3 is 15.0 Å². The summed E-state index contributed by atoms with van der Waals surface area (Å²) < 4.78 is 31.9. The quantitative estimate of drug-likeness (QED) is 0.881. The number of nitrogens with one attached hydrogen (secondary N) is 1. The minimum absolute atomic E-state index is 0.250. The fraction of sp³-hybridized carbons (Fsp3) is 0.538. The summed E-state index contributed by atoms with van der Waals surface area (Å²) in [6.45, 7) is 3.37. The van der Waals surface area contributed by atoms with E-state index in [2.05, 4.69) is 5.32 Å². The van der Waals surface area contributed by atoms with Crippen LogP contribution in [0.2, 0.25) is 0 Å². The van der Waals surface area contributed by atoms with Crippen molar-refractivity contribution in [3.05, 3.63) is 35.4 Å². The predicted molar refractivity (Wildman–Crippen MR) is 65.3 cm³/mol. The SMILES string of the molecule is CN(Cc1cc(F)ccc1F)CC1COCCN1. The van der Waals surface area contributed by atoms with Crippen molar-refractivity contribution < 1.29 is 13.5 Å². The summed E-state index contributed by atoms with van der Waals surface area (Å²) in [6, 6.07) is 3.80. The zero-order valence-electron chi connectivity index (χ0n) is 10.5. The van der Waals surface area contributed by atoms with Gasteiger partial charge in [0.25, 0.3) is 0 Å². The lowest BCUT2D eigenvalue weighted by atomic mass is 10.2. The van der Waals surface area contributed by atoms with Crippen LogP contribution in [0.4, 0.5) is 8.78 Å². The van der Waals surface area contributed by atoms with Crippen LogP contribution in [-0.2, 0) is 11.3 Å². The van der Waals surface area contributed by atoms with Gasteiger partial charge in [-0.1, -0.05) is 0 Å². The molecule has 1 aliphatic rings. The molecule has 0 saturated carbocycles. The molecule has 3 nitrogen and oxygen atoms in total. The van der Waals surface area contributed by atoms with E-state index in [1.54, 1.807) is 0 Å². The van der Waals surface area contributed by atoms with E-state index in [4.69, 9.17) is 4.74 Å². The average Bonchev–Trinajstić information content (AvgIpc) is 2.35. The lowest BCUT2D eigenvalue weighted by molar-refractivity contribution is 0.0643. The van der Waals surface area contributed by atoms with Crippen molar-refractivity contribution in [1.82, 2.24) is 10.2 Å². The molecule has 5 heteroatoms. The molecule has 1 heterocycles. The fourth-order valence-electron chi connectivity index (χ4n) is 2.13. The third-order valence-corrected chi connectivity index (χ3v) is 2.98. The van der Waals surface area contributed by atoms with Crippen molar-refractivity contribution in [2.45, 2.75) is 12.6 Å². The Labute approximate surface area is 106 Å². The molecule has 0 amide bonds. The third kappa shape index (κ3) is 3.73. The molecule has 1 aliphatic heterocycles. The van der Waals surface area contributed by atoms with E-state index in [1.807, 2.05) is 11.9 Å². The highest BCUT2D eigenvalue weighted by Crippen LogP contribution is 2.12. The normalized spacial score (nSPS) is 20.3. The summed E-state index contributed by atoms with van der Waals surface area (Å²) in [4.78, 5) is 1.96. The molecular formula is C13H18F2N2O. The molecule has 1 fully saturated rings.